The molecule has 9 heteroatoms. The number of carbonyl (C=O) groups excluding carboxylic acids is 3. The van der Waals surface area contributed by atoms with Crippen molar-refractivity contribution in [2.75, 3.05) is 13.6 Å². The van der Waals surface area contributed by atoms with Gasteiger partial charge in [0.25, 0.3) is 0 Å². The van der Waals surface area contributed by atoms with Gasteiger partial charge in [-0.25, -0.2) is 13.1 Å². The van der Waals surface area contributed by atoms with Crippen LogP contribution in [0, 0.1) is 13.1 Å². The van der Waals surface area contributed by atoms with Gasteiger partial charge in [0.2, 0.25) is 5.91 Å². The summed E-state index contributed by atoms with van der Waals surface area (Å²) < 4.78 is 0. The molecule has 0 saturated heterocycles. The van der Waals surface area contributed by atoms with Crippen molar-refractivity contribution in [3.8, 4) is 0 Å². The summed E-state index contributed by atoms with van der Waals surface area (Å²) in [6.07, 6.45) is 0. The van der Waals surface area contributed by atoms with Crippen molar-refractivity contribution in [1.82, 2.24) is 16.0 Å². The third-order valence-electron chi connectivity index (χ3n) is 1.56. The first-order valence-corrected chi connectivity index (χ1v) is 4.66. The second-order valence-electron chi connectivity index (χ2n) is 2.99. The Kier molecular flexibility index (Phi) is 18.2. The number of carbonyl (C=O) groups is 3. The molecule has 0 spiro atoms. The van der Waals surface area contributed by atoms with E-state index in [1.807, 2.05) is 0 Å². The zero-order valence-electron chi connectivity index (χ0n) is 10.4. The third kappa shape index (κ3) is 11.6. The molecule has 0 aromatic heterocycles. The topological polar surface area (TPSA) is 113 Å². The van der Waals surface area contributed by atoms with Crippen LogP contribution in [0.2, 0.25) is 0 Å². The van der Waals surface area contributed by atoms with Gasteiger partial charge in [-0.2, -0.15) is 0 Å². The fourth-order valence-corrected chi connectivity index (χ4v) is 0.849. The van der Waals surface area contributed by atoms with E-state index in [0.717, 1.165) is 13.1 Å². The minimum Gasteiger partial charge on any atom is -0.482 e. The number of ketones is 1. The fraction of sp³-hybridized carbons (Fsp3) is 0.444. The Labute approximate surface area is 157 Å². The minimum absolute atomic E-state index is 0. The SMILES string of the molecule is CN[CH-]C(=O)NC(CN)C(=O)N[CH-]C(C)=O.[Y].[Y]. The van der Waals surface area contributed by atoms with Crippen molar-refractivity contribution < 1.29 is 79.8 Å². The number of nitrogens with two attached hydrogens (primary N) is 1. The largest absolute Gasteiger partial charge is 0.482 e. The van der Waals surface area contributed by atoms with Gasteiger partial charge in [-0.05, 0) is 14.0 Å². The molecule has 0 saturated carbocycles. The van der Waals surface area contributed by atoms with E-state index in [9.17, 15) is 14.4 Å². The summed E-state index contributed by atoms with van der Waals surface area (Å²) in [5, 5.41) is 7.12. The molecule has 1 unspecified atom stereocenters. The third-order valence-corrected chi connectivity index (χ3v) is 1.56. The number of likely N-dealkylation sites (N-methyl/N-ethyl adjacent to an activating group) is 1. The summed E-state index contributed by atoms with van der Waals surface area (Å²) in [5.74, 6) is -1.29. The van der Waals surface area contributed by atoms with E-state index < -0.39 is 17.9 Å². The molecule has 98 valence electrons. The standard InChI is InChI=1S/C9H16N4O3.2Y/c1-6(14)4-12-9(16)7(3-10)13-8(15)5-11-2;;/h4-5,7,11H,3,10H2,1-2H3,(H,12,16)(H,13,15);;/q-2;;. The van der Waals surface area contributed by atoms with Crippen LogP contribution in [0.3, 0.4) is 0 Å². The zero-order valence-corrected chi connectivity index (χ0v) is 16.1. The first-order valence-electron chi connectivity index (χ1n) is 4.66. The number of amides is 2. The summed E-state index contributed by atoms with van der Waals surface area (Å²) >= 11 is 0. The number of hydrogen-bond acceptors (Lipinski definition) is 5. The van der Waals surface area contributed by atoms with Gasteiger partial charge in [-0.1, -0.05) is 0 Å². The van der Waals surface area contributed by atoms with Crippen molar-refractivity contribution in [2.45, 2.75) is 13.0 Å². The maximum atomic E-state index is 11.4. The van der Waals surface area contributed by atoms with E-state index in [4.69, 9.17) is 5.73 Å². The van der Waals surface area contributed by atoms with Crippen LogP contribution in [0.4, 0.5) is 0 Å². The number of hydrogen-bond donors (Lipinski definition) is 4. The predicted molar refractivity (Wildman–Crippen MR) is 57.5 cm³/mol. The zero-order chi connectivity index (χ0) is 12.6. The molecule has 0 fully saturated rings. The van der Waals surface area contributed by atoms with Crippen LogP contribution in [0.5, 0.6) is 0 Å². The molecule has 0 aliphatic heterocycles. The normalized spacial score (nSPS) is 9.94. The number of Topliss-reactive ketones (excluding diaryl/α,β-unsaturated/α-hetero) is 1. The number of nitrogens with one attached hydrogen (secondary N) is 3. The fourth-order valence-electron chi connectivity index (χ4n) is 0.849. The van der Waals surface area contributed by atoms with Gasteiger partial charge < -0.3 is 31.3 Å². The maximum absolute atomic E-state index is 11.4. The van der Waals surface area contributed by atoms with Gasteiger partial charge in [-0.3, -0.25) is 4.79 Å². The van der Waals surface area contributed by atoms with E-state index in [0.29, 0.717) is 0 Å². The van der Waals surface area contributed by atoms with E-state index in [1.165, 1.54) is 6.92 Å². The molecule has 5 N–H and O–H groups in total. The Morgan fingerprint density at radius 2 is 1.78 bits per heavy atom. The molecule has 0 bridgehead atoms. The Balaban J connectivity index is -0.00000112. The Bertz CT molecular complexity index is 277. The summed E-state index contributed by atoms with van der Waals surface area (Å²) in [7, 11) is 1.56. The molecule has 0 aliphatic carbocycles. The summed E-state index contributed by atoms with van der Waals surface area (Å²) in [6.45, 7) is 3.41. The first kappa shape index (κ1) is 23.6. The summed E-state index contributed by atoms with van der Waals surface area (Å²) in [6, 6.07) is -0.868. The average Bonchev–Trinajstić information content (AvgIpc) is 2.22. The molecule has 18 heavy (non-hydrogen) atoms. The molecule has 7 nitrogen and oxygen atoms in total. The van der Waals surface area contributed by atoms with Crippen molar-refractivity contribution in [3.05, 3.63) is 13.1 Å². The molecular formula is C9H16N4O3Y2-2. The Morgan fingerprint density at radius 3 is 2.17 bits per heavy atom. The van der Waals surface area contributed by atoms with E-state index >= 15 is 0 Å². The van der Waals surface area contributed by atoms with Gasteiger partial charge in [0.1, 0.15) is 6.04 Å². The van der Waals surface area contributed by atoms with E-state index in [-0.39, 0.29) is 77.7 Å². The maximum Gasteiger partial charge on any atom is 0.217 e. The van der Waals surface area contributed by atoms with Gasteiger partial charge >= 0.3 is 0 Å². The van der Waals surface area contributed by atoms with Gasteiger partial charge in [0.05, 0.1) is 5.91 Å². The van der Waals surface area contributed by atoms with Gasteiger partial charge in [0.15, 0.2) is 0 Å². The summed E-state index contributed by atoms with van der Waals surface area (Å²) in [5.41, 5.74) is 5.32. The molecule has 0 heterocycles. The van der Waals surface area contributed by atoms with Crippen molar-refractivity contribution >= 4 is 17.6 Å². The van der Waals surface area contributed by atoms with Crippen molar-refractivity contribution in [2.24, 2.45) is 5.73 Å². The first-order chi connectivity index (χ1) is 7.51. The van der Waals surface area contributed by atoms with Crippen LogP contribution in [0.1, 0.15) is 6.92 Å². The quantitative estimate of drug-likeness (QED) is 0.355. The second-order valence-corrected chi connectivity index (χ2v) is 2.99. The molecule has 0 aromatic carbocycles. The Morgan fingerprint density at radius 1 is 1.22 bits per heavy atom. The van der Waals surface area contributed by atoms with Crippen LogP contribution in [0.15, 0.2) is 0 Å². The molecule has 2 amide bonds. The molecular weight excluding hydrogens is 390 g/mol. The second kappa shape index (κ2) is 13.9. The van der Waals surface area contributed by atoms with E-state index in [1.54, 1.807) is 7.05 Å². The van der Waals surface area contributed by atoms with Crippen molar-refractivity contribution in [3.63, 3.8) is 0 Å². The molecule has 0 rings (SSSR count). The minimum atomic E-state index is -0.868. The average molecular weight is 406 g/mol. The monoisotopic (exact) mass is 406 g/mol. The smallest absolute Gasteiger partial charge is 0.217 e. The van der Waals surface area contributed by atoms with Crippen LogP contribution < -0.4 is 21.7 Å². The van der Waals surface area contributed by atoms with Crippen LogP contribution in [0.25, 0.3) is 0 Å². The molecule has 0 aromatic rings. The van der Waals surface area contributed by atoms with Gasteiger partial charge in [0, 0.05) is 77.7 Å². The molecule has 0 aliphatic rings. The van der Waals surface area contributed by atoms with Crippen LogP contribution in [-0.4, -0.2) is 37.2 Å². The molecule has 2 radical (unpaired) electrons. The molecule has 1 atom stereocenters. The predicted octanol–water partition coefficient (Wildman–Crippen LogP) is -2.33. The van der Waals surface area contributed by atoms with Crippen LogP contribution >= 0.6 is 0 Å². The Hall–Kier alpha value is 0.478. The van der Waals surface area contributed by atoms with Crippen LogP contribution in [-0.2, 0) is 79.8 Å². The van der Waals surface area contributed by atoms with E-state index in [2.05, 4.69) is 16.0 Å². The number of rotatable bonds is 7. The van der Waals surface area contributed by atoms with Gasteiger partial charge in [-0.15, -0.1) is 0 Å². The summed E-state index contributed by atoms with van der Waals surface area (Å²) in [4.78, 5) is 33.1. The van der Waals surface area contributed by atoms with Crippen molar-refractivity contribution in [1.29, 1.82) is 0 Å².